The van der Waals surface area contributed by atoms with Crippen LogP contribution in [0, 0.1) is 0 Å². The molecular formula is C15H23NO4. The highest BCUT2D eigenvalue weighted by molar-refractivity contribution is 5.69. The third kappa shape index (κ3) is 5.48. The summed E-state index contributed by atoms with van der Waals surface area (Å²) in [5, 5.41) is 3.26. The molecule has 0 heterocycles. The van der Waals surface area contributed by atoms with Gasteiger partial charge in [0, 0.05) is 18.5 Å². The minimum atomic E-state index is -0.212. The van der Waals surface area contributed by atoms with E-state index in [0.717, 1.165) is 30.2 Å². The zero-order chi connectivity index (χ0) is 14.8. The van der Waals surface area contributed by atoms with Gasteiger partial charge in [-0.1, -0.05) is 6.92 Å². The number of methoxy groups -OCH3 is 2. The minimum Gasteiger partial charge on any atom is -0.497 e. The van der Waals surface area contributed by atoms with Gasteiger partial charge in [0.1, 0.15) is 11.5 Å². The van der Waals surface area contributed by atoms with E-state index >= 15 is 0 Å². The number of rotatable bonds is 9. The van der Waals surface area contributed by atoms with Crippen LogP contribution in [-0.2, 0) is 16.1 Å². The Morgan fingerprint density at radius 1 is 1.30 bits per heavy atom. The molecule has 0 atom stereocenters. The quantitative estimate of drug-likeness (QED) is 0.555. The Morgan fingerprint density at radius 3 is 2.75 bits per heavy atom. The Hall–Kier alpha value is -1.75. The fourth-order valence-electron chi connectivity index (χ4n) is 1.72. The molecule has 0 saturated carbocycles. The molecule has 5 heteroatoms. The molecule has 1 rings (SSSR count). The van der Waals surface area contributed by atoms with E-state index in [2.05, 4.69) is 17.0 Å². The Morgan fingerprint density at radius 2 is 2.10 bits per heavy atom. The number of hydrogen-bond acceptors (Lipinski definition) is 5. The summed E-state index contributed by atoms with van der Waals surface area (Å²) in [5.74, 6) is 1.41. The van der Waals surface area contributed by atoms with Crippen molar-refractivity contribution in [1.29, 1.82) is 0 Å². The van der Waals surface area contributed by atoms with Crippen molar-refractivity contribution in [3.05, 3.63) is 23.8 Å². The van der Waals surface area contributed by atoms with Crippen molar-refractivity contribution in [3.63, 3.8) is 0 Å². The number of hydrogen-bond donors (Lipinski definition) is 1. The van der Waals surface area contributed by atoms with E-state index in [9.17, 15) is 4.79 Å². The monoisotopic (exact) mass is 281 g/mol. The lowest BCUT2D eigenvalue weighted by Crippen LogP contribution is -2.13. The van der Waals surface area contributed by atoms with Crippen LogP contribution in [-0.4, -0.2) is 33.3 Å². The third-order valence-electron chi connectivity index (χ3n) is 2.84. The Kier molecular flexibility index (Phi) is 7.50. The van der Waals surface area contributed by atoms with E-state index in [1.54, 1.807) is 7.11 Å². The summed E-state index contributed by atoms with van der Waals surface area (Å²) in [6, 6.07) is 5.72. The van der Waals surface area contributed by atoms with Gasteiger partial charge in [0.2, 0.25) is 0 Å². The van der Waals surface area contributed by atoms with Gasteiger partial charge in [0.15, 0.2) is 0 Å². The molecule has 112 valence electrons. The normalized spacial score (nSPS) is 10.2. The first-order valence-electron chi connectivity index (χ1n) is 6.78. The van der Waals surface area contributed by atoms with Crippen molar-refractivity contribution < 1.29 is 19.0 Å². The largest absolute Gasteiger partial charge is 0.497 e. The van der Waals surface area contributed by atoms with Gasteiger partial charge in [-0.25, -0.2) is 0 Å². The van der Waals surface area contributed by atoms with Gasteiger partial charge < -0.3 is 19.5 Å². The summed E-state index contributed by atoms with van der Waals surface area (Å²) < 4.78 is 15.5. The molecule has 1 N–H and O–H groups in total. The fourth-order valence-corrected chi connectivity index (χ4v) is 1.72. The second kappa shape index (κ2) is 9.20. The van der Waals surface area contributed by atoms with E-state index in [0.29, 0.717) is 19.4 Å². The van der Waals surface area contributed by atoms with E-state index in [4.69, 9.17) is 9.47 Å². The summed E-state index contributed by atoms with van der Waals surface area (Å²) in [4.78, 5) is 11.0. The van der Waals surface area contributed by atoms with Crippen LogP contribution < -0.4 is 14.8 Å². The van der Waals surface area contributed by atoms with E-state index in [-0.39, 0.29) is 5.97 Å². The standard InChI is InChI=1S/C15H23NO4/c1-4-16-11-12-10-13(18-2)7-8-14(12)20-9-5-6-15(17)19-3/h7-8,10,16H,4-6,9,11H2,1-3H3. The maximum atomic E-state index is 11.0. The predicted octanol–water partition coefficient (Wildman–Crippen LogP) is 2.14. The van der Waals surface area contributed by atoms with Crippen molar-refractivity contribution in [3.8, 4) is 11.5 Å². The smallest absolute Gasteiger partial charge is 0.305 e. The van der Waals surface area contributed by atoms with Gasteiger partial charge in [0.25, 0.3) is 0 Å². The number of esters is 1. The number of carbonyl (C=O) groups is 1. The number of ether oxygens (including phenoxy) is 3. The topological polar surface area (TPSA) is 56.8 Å². The Balaban J connectivity index is 2.56. The molecule has 0 spiro atoms. The summed E-state index contributed by atoms with van der Waals surface area (Å²) in [7, 11) is 3.03. The lowest BCUT2D eigenvalue weighted by Gasteiger charge is -2.13. The fraction of sp³-hybridized carbons (Fsp3) is 0.533. The first kappa shape index (κ1) is 16.3. The molecule has 0 unspecified atom stereocenters. The zero-order valence-corrected chi connectivity index (χ0v) is 12.4. The van der Waals surface area contributed by atoms with Gasteiger partial charge in [-0.2, -0.15) is 0 Å². The van der Waals surface area contributed by atoms with E-state index < -0.39 is 0 Å². The van der Waals surface area contributed by atoms with Gasteiger partial charge in [0.05, 0.1) is 20.8 Å². The highest BCUT2D eigenvalue weighted by atomic mass is 16.5. The first-order chi connectivity index (χ1) is 9.71. The summed E-state index contributed by atoms with van der Waals surface area (Å²) in [6.45, 7) is 4.15. The third-order valence-corrected chi connectivity index (χ3v) is 2.84. The second-order valence-electron chi connectivity index (χ2n) is 4.28. The maximum absolute atomic E-state index is 11.0. The van der Waals surface area contributed by atoms with Crippen molar-refractivity contribution >= 4 is 5.97 Å². The van der Waals surface area contributed by atoms with Crippen molar-refractivity contribution in [1.82, 2.24) is 5.32 Å². The van der Waals surface area contributed by atoms with Crippen LogP contribution in [0.2, 0.25) is 0 Å². The first-order valence-corrected chi connectivity index (χ1v) is 6.78. The summed E-state index contributed by atoms with van der Waals surface area (Å²) in [5.41, 5.74) is 1.05. The number of benzene rings is 1. The molecule has 0 aliphatic heterocycles. The molecule has 0 aliphatic rings. The van der Waals surface area contributed by atoms with Crippen molar-refractivity contribution in [2.45, 2.75) is 26.3 Å². The van der Waals surface area contributed by atoms with Crippen LogP contribution in [0.25, 0.3) is 0 Å². The van der Waals surface area contributed by atoms with E-state index in [1.165, 1.54) is 7.11 Å². The zero-order valence-electron chi connectivity index (χ0n) is 12.4. The highest BCUT2D eigenvalue weighted by Crippen LogP contribution is 2.24. The Bertz CT molecular complexity index is 420. The maximum Gasteiger partial charge on any atom is 0.305 e. The van der Waals surface area contributed by atoms with Gasteiger partial charge in [-0.3, -0.25) is 4.79 Å². The summed E-state index contributed by atoms with van der Waals surface area (Å²) >= 11 is 0. The molecule has 1 aromatic rings. The number of nitrogens with one attached hydrogen (secondary N) is 1. The van der Waals surface area contributed by atoms with Crippen LogP contribution in [0.4, 0.5) is 0 Å². The molecule has 0 saturated heterocycles. The predicted molar refractivity (Wildman–Crippen MR) is 77.1 cm³/mol. The molecule has 20 heavy (non-hydrogen) atoms. The molecular weight excluding hydrogens is 258 g/mol. The average molecular weight is 281 g/mol. The molecule has 0 aromatic heterocycles. The van der Waals surface area contributed by atoms with Crippen LogP contribution in [0.15, 0.2) is 18.2 Å². The average Bonchev–Trinajstić information content (AvgIpc) is 2.49. The minimum absolute atomic E-state index is 0.212. The molecule has 5 nitrogen and oxygen atoms in total. The molecule has 0 amide bonds. The van der Waals surface area contributed by atoms with Gasteiger partial charge >= 0.3 is 5.97 Å². The molecule has 0 bridgehead atoms. The van der Waals surface area contributed by atoms with E-state index in [1.807, 2.05) is 18.2 Å². The van der Waals surface area contributed by atoms with Crippen molar-refractivity contribution in [2.75, 3.05) is 27.4 Å². The van der Waals surface area contributed by atoms with Crippen LogP contribution in [0.5, 0.6) is 11.5 Å². The molecule has 0 aliphatic carbocycles. The Labute approximate surface area is 120 Å². The molecule has 1 aromatic carbocycles. The second-order valence-corrected chi connectivity index (χ2v) is 4.28. The molecule has 0 fully saturated rings. The van der Waals surface area contributed by atoms with Gasteiger partial charge in [-0.05, 0) is 31.2 Å². The number of carbonyl (C=O) groups excluding carboxylic acids is 1. The van der Waals surface area contributed by atoms with Crippen LogP contribution >= 0.6 is 0 Å². The van der Waals surface area contributed by atoms with Crippen molar-refractivity contribution in [2.24, 2.45) is 0 Å². The summed E-state index contributed by atoms with van der Waals surface area (Å²) in [6.07, 6.45) is 1.01. The molecule has 0 radical (unpaired) electrons. The van der Waals surface area contributed by atoms with Crippen LogP contribution in [0.3, 0.4) is 0 Å². The highest BCUT2D eigenvalue weighted by Gasteiger charge is 2.06. The lowest BCUT2D eigenvalue weighted by molar-refractivity contribution is -0.140. The van der Waals surface area contributed by atoms with Gasteiger partial charge in [-0.15, -0.1) is 0 Å². The lowest BCUT2D eigenvalue weighted by atomic mass is 10.2. The van der Waals surface area contributed by atoms with Crippen LogP contribution in [0.1, 0.15) is 25.3 Å². The SMILES string of the molecule is CCNCc1cc(OC)ccc1OCCCC(=O)OC.